The smallest absolute Gasteiger partial charge is 0.229 e. The number of rotatable bonds is 2. The van der Waals surface area contributed by atoms with Gasteiger partial charge in [0, 0.05) is 16.0 Å². The Morgan fingerprint density at radius 1 is 1.38 bits per heavy atom. The number of halogens is 1. The van der Waals surface area contributed by atoms with E-state index >= 15 is 0 Å². The van der Waals surface area contributed by atoms with Gasteiger partial charge in [-0.3, -0.25) is 9.59 Å². The molecule has 4 heteroatoms. The highest BCUT2D eigenvalue weighted by Crippen LogP contribution is 2.22. The summed E-state index contributed by atoms with van der Waals surface area (Å²) in [6, 6.07) is 4.75. The molecule has 3 nitrogen and oxygen atoms in total. The number of anilines is 1. The van der Waals surface area contributed by atoms with Crippen molar-refractivity contribution in [1.82, 2.24) is 0 Å². The first-order chi connectivity index (χ1) is 7.34. The number of carbonyl (C=O) groups is 2. The molecule has 0 spiro atoms. The first-order valence-electron chi connectivity index (χ1n) is 4.91. The van der Waals surface area contributed by atoms with Crippen molar-refractivity contribution in [2.75, 3.05) is 5.32 Å². The standard InChI is InChI=1S/C12H14ClNO2/c1-12(2,3)11(16)14-10-6-9(13)5-4-8(10)7-15/h4-7H,1-3H3,(H,14,16). The van der Waals surface area contributed by atoms with Crippen molar-refractivity contribution in [3.05, 3.63) is 28.8 Å². The third-order valence-electron chi connectivity index (χ3n) is 2.07. The number of benzene rings is 1. The van der Waals surface area contributed by atoms with Crippen molar-refractivity contribution in [2.45, 2.75) is 20.8 Å². The first-order valence-corrected chi connectivity index (χ1v) is 5.28. The third kappa shape index (κ3) is 3.07. The van der Waals surface area contributed by atoms with Crippen LogP contribution in [0.2, 0.25) is 5.02 Å². The molecule has 16 heavy (non-hydrogen) atoms. The Labute approximate surface area is 99.8 Å². The zero-order chi connectivity index (χ0) is 12.3. The summed E-state index contributed by atoms with van der Waals surface area (Å²) in [5, 5.41) is 3.17. The Morgan fingerprint density at radius 2 is 2.00 bits per heavy atom. The van der Waals surface area contributed by atoms with E-state index in [-0.39, 0.29) is 5.91 Å². The second-order valence-corrected chi connectivity index (χ2v) is 4.99. The van der Waals surface area contributed by atoms with Crippen LogP contribution in [-0.4, -0.2) is 12.2 Å². The van der Waals surface area contributed by atoms with Crippen LogP contribution in [0, 0.1) is 5.41 Å². The molecule has 0 saturated heterocycles. The van der Waals surface area contributed by atoms with Gasteiger partial charge in [-0.2, -0.15) is 0 Å². The maximum atomic E-state index is 11.7. The number of carbonyl (C=O) groups excluding carboxylic acids is 2. The molecular formula is C12H14ClNO2. The minimum absolute atomic E-state index is 0.155. The Balaban J connectivity index is 3.00. The van der Waals surface area contributed by atoms with E-state index in [1.165, 1.54) is 0 Å². The molecule has 0 heterocycles. The lowest BCUT2D eigenvalue weighted by molar-refractivity contribution is -0.123. The van der Waals surface area contributed by atoms with Crippen LogP contribution in [0.4, 0.5) is 5.69 Å². The van der Waals surface area contributed by atoms with Crippen molar-refractivity contribution >= 4 is 29.5 Å². The zero-order valence-electron chi connectivity index (χ0n) is 9.50. The lowest BCUT2D eigenvalue weighted by Crippen LogP contribution is -2.28. The fraction of sp³-hybridized carbons (Fsp3) is 0.333. The monoisotopic (exact) mass is 239 g/mol. The molecule has 0 aliphatic carbocycles. The van der Waals surface area contributed by atoms with Crippen LogP contribution in [0.15, 0.2) is 18.2 Å². The van der Waals surface area contributed by atoms with Gasteiger partial charge in [0.25, 0.3) is 0 Å². The van der Waals surface area contributed by atoms with Gasteiger partial charge in [-0.1, -0.05) is 32.4 Å². The van der Waals surface area contributed by atoms with E-state index in [0.717, 1.165) is 0 Å². The molecule has 0 atom stereocenters. The second kappa shape index (κ2) is 4.66. The number of aldehydes is 1. The van der Waals surface area contributed by atoms with Crippen molar-refractivity contribution in [3.63, 3.8) is 0 Å². The highest BCUT2D eigenvalue weighted by Gasteiger charge is 2.22. The normalized spacial score (nSPS) is 11.0. The summed E-state index contributed by atoms with van der Waals surface area (Å²) in [6.45, 7) is 5.40. The molecule has 0 aromatic heterocycles. The van der Waals surface area contributed by atoms with Crippen molar-refractivity contribution in [2.24, 2.45) is 5.41 Å². The largest absolute Gasteiger partial charge is 0.325 e. The van der Waals surface area contributed by atoms with Crippen LogP contribution in [0.3, 0.4) is 0 Å². The molecule has 0 radical (unpaired) electrons. The SMILES string of the molecule is CC(C)(C)C(=O)Nc1cc(Cl)ccc1C=O. The minimum Gasteiger partial charge on any atom is -0.325 e. The fourth-order valence-electron chi connectivity index (χ4n) is 1.05. The molecule has 1 amide bonds. The van der Waals surface area contributed by atoms with Gasteiger partial charge < -0.3 is 5.32 Å². The zero-order valence-corrected chi connectivity index (χ0v) is 10.3. The van der Waals surface area contributed by atoms with E-state index < -0.39 is 5.41 Å². The summed E-state index contributed by atoms with van der Waals surface area (Å²) < 4.78 is 0. The summed E-state index contributed by atoms with van der Waals surface area (Å²) in [5.74, 6) is -0.155. The Kier molecular flexibility index (Phi) is 3.70. The van der Waals surface area contributed by atoms with E-state index in [0.29, 0.717) is 22.6 Å². The van der Waals surface area contributed by atoms with Gasteiger partial charge in [0.15, 0.2) is 6.29 Å². The van der Waals surface area contributed by atoms with Gasteiger partial charge in [0.05, 0.1) is 5.69 Å². The lowest BCUT2D eigenvalue weighted by atomic mass is 9.95. The Bertz CT molecular complexity index is 422. The lowest BCUT2D eigenvalue weighted by Gasteiger charge is -2.18. The summed E-state index contributed by atoms with van der Waals surface area (Å²) >= 11 is 5.80. The quantitative estimate of drug-likeness (QED) is 0.806. The molecule has 86 valence electrons. The van der Waals surface area contributed by atoms with Crippen LogP contribution >= 0.6 is 11.6 Å². The molecule has 1 rings (SSSR count). The van der Waals surface area contributed by atoms with Crippen LogP contribution in [0.1, 0.15) is 31.1 Å². The number of hydrogen-bond donors (Lipinski definition) is 1. The number of nitrogens with one attached hydrogen (secondary N) is 1. The van der Waals surface area contributed by atoms with E-state index in [2.05, 4.69) is 5.32 Å². The summed E-state index contributed by atoms with van der Waals surface area (Å²) in [4.78, 5) is 22.5. The van der Waals surface area contributed by atoms with Crippen LogP contribution in [0.25, 0.3) is 0 Å². The average Bonchev–Trinajstić information content (AvgIpc) is 2.16. The molecule has 1 N–H and O–H groups in total. The van der Waals surface area contributed by atoms with Gasteiger partial charge in [-0.25, -0.2) is 0 Å². The summed E-state index contributed by atoms with van der Waals surface area (Å²) in [5.41, 5.74) is 0.354. The van der Waals surface area contributed by atoms with E-state index in [1.807, 2.05) is 0 Å². The maximum absolute atomic E-state index is 11.7. The Morgan fingerprint density at radius 3 is 2.50 bits per heavy atom. The fourth-order valence-corrected chi connectivity index (χ4v) is 1.22. The third-order valence-corrected chi connectivity index (χ3v) is 2.31. The molecule has 0 fully saturated rings. The second-order valence-electron chi connectivity index (χ2n) is 4.55. The van der Waals surface area contributed by atoms with E-state index in [1.54, 1.807) is 39.0 Å². The van der Waals surface area contributed by atoms with Gasteiger partial charge in [0.1, 0.15) is 0 Å². The van der Waals surface area contributed by atoms with Crippen LogP contribution in [0.5, 0.6) is 0 Å². The molecular weight excluding hydrogens is 226 g/mol. The van der Waals surface area contributed by atoms with E-state index in [4.69, 9.17) is 11.6 Å². The van der Waals surface area contributed by atoms with Crippen LogP contribution < -0.4 is 5.32 Å². The Hall–Kier alpha value is -1.35. The molecule has 0 saturated carbocycles. The average molecular weight is 240 g/mol. The number of hydrogen-bond acceptors (Lipinski definition) is 2. The minimum atomic E-state index is -0.511. The van der Waals surface area contributed by atoms with Crippen molar-refractivity contribution in [3.8, 4) is 0 Å². The maximum Gasteiger partial charge on any atom is 0.229 e. The van der Waals surface area contributed by atoms with Crippen LogP contribution in [-0.2, 0) is 4.79 Å². The topological polar surface area (TPSA) is 46.2 Å². The highest BCUT2D eigenvalue weighted by atomic mass is 35.5. The molecule has 1 aromatic carbocycles. The number of amides is 1. The molecule has 0 bridgehead atoms. The summed E-state index contributed by atoms with van der Waals surface area (Å²) in [6.07, 6.45) is 0.689. The predicted octanol–water partition coefficient (Wildman–Crippen LogP) is 3.14. The van der Waals surface area contributed by atoms with Crippen molar-refractivity contribution in [1.29, 1.82) is 0 Å². The summed E-state index contributed by atoms with van der Waals surface area (Å²) in [7, 11) is 0. The molecule has 1 aromatic rings. The van der Waals surface area contributed by atoms with Gasteiger partial charge >= 0.3 is 0 Å². The van der Waals surface area contributed by atoms with Gasteiger partial charge in [-0.15, -0.1) is 0 Å². The highest BCUT2D eigenvalue weighted by molar-refractivity contribution is 6.31. The predicted molar refractivity (Wildman–Crippen MR) is 64.9 cm³/mol. The first kappa shape index (κ1) is 12.7. The van der Waals surface area contributed by atoms with Gasteiger partial charge in [0.2, 0.25) is 5.91 Å². The van der Waals surface area contributed by atoms with Crippen molar-refractivity contribution < 1.29 is 9.59 Å². The molecule has 0 aliphatic heterocycles. The molecule has 0 aliphatic rings. The van der Waals surface area contributed by atoms with E-state index in [9.17, 15) is 9.59 Å². The van der Waals surface area contributed by atoms with Gasteiger partial charge in [-0.05, 0) is 18.2 Å². The molecule has 0 unspecified atom stereocenters.